The number of rotatable bonds is 6. The van der Waals surface area contributed by atoms with Gasteiger partial charge in [-0.15, -0.1) is 6.58 Å². The molecular formula is C7H12O4. The van der Waals surface area contributed by atoms with Crippen LogP contribution in [0.25, 0.3) is 0 Å². The van der Waals surface area contributed by atoms with Crippen molar-refractivity contribution >= 4 is 6.16 Å². The Labute approximate surface area is 65.4 Å². The maximum Gasteiger partial charge on any atom is 0.537 e. The lowest BCUT2D eigenvalue weighted by Crippen LogP contribution is -2.02. The van der Waals surface area contributed by atoms with Gasteiger partial charge in [-0.3, -0.25) is 4.89 Å². The van der Waals surface area contributed by atoms with E-state index in [-0.39, 0.29) is 0 Å². The lowest BCUT2D eigenvalue weighted by Gasteiger charge is -1.97. The second kappa shape index (κ2) is 7.08. The van der Waals surface area contributed by atoms with E-state index in [4.69, 9.17) is 5.11 Å². The molecule has 11 heavy (non-hydrogen) atoms. The van der Waals surface area contributed by atoms with Gasteiger partial charge in [0, 0.05) is 0 Å². The minimum absolute atomic E-state index is 0.306. The van der Waals surface area contributed by atoms with Gasteiger partial charge in [0.25, 0.3) is 0 Å². The highest BCUT2D eigenvalue weighted by atomic mass is 17.2. The van der Waals surface area contributed by atoms with Gasteiger partial charge in [0.2, 0.25) is 0 Å². The van der Waals surface area contributed by atoms with Crippen LogP contribution in [0.4, 0.5) is 4.79 Å². The van der Waals surface area contributed by atoms with Crippen molar-refractivity contribution < 1.29 is 19.7 Å². The van der Waals surface area contributed by atoms with Crippen molar-refractivity contribution in [2.75, 3.05) is 6.61 Å². The number of allylic oxidation sites excluding steroid dienone is 1. The standard InChI is InChI=1S/C7H12O4/c1-2-3-4-5-6-10-11-7(8)9/h2H,1,3-6H2,(H,8,9). The topological polar surface area (TPSA) is 55.8 Å². The Morgan fingerprint density at radius 3 is 2.82 bits per heavy atom. The molecule has 1 N–H and O–H groups in total. The minimum atomic E-state index is -1.41. The first-order valence-electron chi connectivity index (χ1n) is 3.40. The molecule has 64 valence electrons. The Morgan fingerprint density at radius 1 is 1.55 bits per heavy atom. The van der Waals surface area contributed by atoms with E-state index >= 15 is 0 Å². The third kappa shape index (κ3) is 8.97. The number of hydrogen-bond donors (Lipinski definition) is 1. The highest BCUT2D eigenvalue weighted by molar-refractivity contribution is 5.55. The van der Waals surface area contributed by atoms with Crippen LogP contribution in [0.15, 0.2) is 12.7 Å². The Balaban J connectivity index is 2.90. The van der Waals surface area contributed by atoms with Crippen molar-refractivity contribution in [1.82, 2.24) is 0 Å². The second-order valence-corrected chi connectivity index (χ2v) is 1.96. The summed E-state index contributed by atoms with van der Waals surface area (Å²) in [6.45, 7) is 3.85. The molecule has 0 aliphatic carbocycles. The predicted molar refractivity (Wildman–Crippen MR) is 39.1 cm³/mol. The van der Waals surface area contributed by atoms with E-state index in [1.807, 2.05) is 0 Å². The van der Waals surface area contributed by atoms with E-state index in [0.717, 1.165) is 19.3 Å². The lowest BCUT2D eigenvalue weighted by atomic mass is 10.2. The van der Waals surface area contributed by atoms with Gasteiger partial charge in [0.1, 0.15) is 0 Å². The summed E-state index contributed by atoms with van der Waals surface area (Å²) in [6, 6.07) is 0. The van der Waals surface area contributed by atoms with Crippen molar-refractivity contribution in [2.45, 2.75) is 19.3 Å². The summed E-state index contributed by atoms with van der Waals surface area (Å²) < 4.78 is 0. The summed E-state index contributed by atoms with van der Waals surface area (Å²) in [7, 11) is 0. The zero-order valence-electron chi connectivity index (χ0n) is 6.28. The van der Waals surface area contributed by atoms with Gasteiger partial charge in [-0.05, 0) is 19.3 Å². The molecule has 0 bridgehead atoms. The van der Waals surface area contributed by atoms with E-state index in [2.05, 4.69) is 16.4 Å². The number of unbranched alkanes of at least 4 members (excludes halogenated alkanes) is 2. The Kier molecular flexibility index (Phi) is 6.42. The molecular weight excluding hydrogens is 148 g/mol. The van der Waals surface area contributed by atoms with E-state index in [1.165, 1.54) is 0 Å². The van der Waals surface area contributed by atoms with Crippen LogP contribution in [0.2, 0.25) is 0 Å². The third-order valence-electron chi connectivity index (χ3n) is 1.02. The van der Waals surface area contributed by atoms with Crippen LogP contribution in [0.5, 0.6) is 0 Å². The van der Waals surface area contributed by atoms with Crippen LogP contribution in [-0.4, -0.2) is 17.9 Å². The molecule has 0 heterocycles. The number of hydrogen-bond acceptors (Lipinski definition) is 3. The fourth-order valence-electron chi connectivity index (χ4n) is 0.542. The molecule has 0 aromatic rings. The Morgan fingerprint density at radius 2 is 2.27 bits per heavy atom. The van der Waals surface area contributed by atoms with Crippen LogP contribution in [0, 0.1) is 0 Å². The molecule has 0 fully saturated rings. The van der Waals surface area contributed by atoms with E-state index < -0.39 is 6.16 Å². The number of carbonyl (C=O) groups is 1. The molecule has 4 heteroatoms. The molecule has 0 aromatic heterocycles. The van der Waals surface area contributed by atoms with Crippen molar-refractivity contribution in [3.05, 3.63) is 12.7 Å². The van der Waals surface area contributed by atoms with Crippen LogP contribution in [0.3, 0.4) is 0 Å². The SMILES string of the molecule is C=CCCCCOOC(=O)O. The molecule has 0 atom stereocenters. The molecule has 0 amide bonds. The van der Waals surface area contributed by atoms with E-state index in [1.54, 1.807) is 6.08 Å². The first-order chi connectivity index (χ1) is 5.27. The molecule has 0 aliphatic heterocycles. The van der Waals surface area contributed by atoms with Gasteiger partial charge < -0.3 is 5.11 Å². The molecule has 0 saturated heterocycles. The Bertz CT molecular complexity index is 122. The highest BCUT2D eigenvalue weighted by Crippen LogP contribution is 1.96. The summed E-state index contributed by atoms with van der Waals surface area (Å²) >= 11 is 0. The van der Waals surface area contributed by atoms with Gasteiger partial charge in [-0.25, -0.2) is 4.79 Å². The maximum absolute atomic E-state index is 9.72. The van der Waals surface area contributed by atoms with Gasteiger partial charge in [-0.1, -0.05) is 6.08 Å². The molecule has 0 rings (SSSR count). The molecule has 4 nitrogen and oxygen atoms in total. The fraction of sp³-hybridized carbons (Fsp3) is 0.571. The summed E-state index contributed by atoms with van der Waals surface area (Å²) in [5, 5.41) is 7.95. The monoisotopic (exact) mass is 160 g/mol. The number of carboxylic acid groups (broad SMARTS) is 1. The largest absolute Gasteiger partial charge is 0.537 e. The van der Waals surface area contributed by atoms with Crippen molar-refractivity contribution in [1.29, 1.82) is 0 Å². The molecule has 0 aliphatic rings. The molecule has 0 saturated carbocycles. The van der Waals surface area contributed by atoms with Gasteiger partial charge >= 0.3 is 6.16 Å². The van der Waals surface area contributed by atoms with Crippen LogP contribution >= 0.6 is 0 Å². The normalized spacial score (nSPS) is 9.09. The molecule has 0 aromatic carbocycles. The average molecular weight is 160 g/mol. The van der Waals surface area contributed by atoms with Crippen LogP contribution in [0.1, 0.15) is 19.3 Å². The summed E-state index contributed by atoms with van der Waals surface area (Å²) in [4.78, 5) is 17.8. The first-order valence-corrected chi connectivity index (χ1v) is 3.40. The van der Waals surface area contributed by atoms with Crippen molar-refractivity contribution in [3.8, 4) is 0 Å². The van der Waals surface area contributed by atoms with E-state index in [0.29, 0.717) is 6.61 Å². The van der Waals surface area contributed by atoms with Crippen molar-refractivity contribution in [2.24, 2.45) is 0 Å². The fourth-order valence-corrected chi connectivity index (χ4v) is 0.542. The van der Waals surface area contributed by atoms with Crippen molar-refractivity contribution in [3.63, 3.8) is 0 Å². The van der Waals surface area contributed by atoms with Gasteiger partial charge in [0.15, 0.2) is 0 Å². The quantitative estimate of drug-likeness (QED) is 0.279. The minimum Gasteiger partial charge on any atom is -0.448 e. The lowest BCUT2D eigenvalue weighted by molar-refractivity contribution is -0.251. The summed E-state index contributed by atoms with van der Waals surface area (Å²) in [5.41, 5.74) is 0. The predicted octanol–water partition coefficient (Wildman–Crippen LogP) is 1.97. The zero-order valence-corrected chi connectivity index (χ0v) is 6.28. The molecule has 0 spiro atoms. The Hall–Kier alpha value is -1.03. The second-order valence-electron chi connectivity index (χ2n) is 1.96. The summed E-state index contributed by atoms with van der Waals surface area (Å²) in [5.74, 6) is 0. The van der Waals surface area contributed by atoms with Gasteiger partial charge in [-0.2, -0.15) is 4.89 Å². The molecule has 0 unspecified atom stereocenters. The maximum atomic E-state index is 9.72. The van der Waals surface area contributed by atoms with E-state index in [9.17, 15) is 4.79 Å². The van der Waals surface area contributed by atoms with Crippen LogP contribution < -0.4 is 0 Å². The zero-order chi connectivity index (χ0) is 8.53. The summed E-state index contributed by atoms with van der Waals surface area (Å²) in [6.07, 6.45) is 3.02. The van der Waals surface area contributed by atoms with Crippen LogP contribution in [-0.2, 0) is 9.78 Å². The third-order valence-corrected chi connectivity index (χ3v) is 1.02. The first kappa shape index (κ1) is 9.97. The molecule has 0 radical (unpaired) electrons. The smallest absolute Gasteiger partial charge is 0.448 e. The highest BCUT2D eigenvalue weighted by Gasteiger charge is 1.95. The average Bonchev–Trinajstić information content (AvgIpc) is 1.96. The van der Waals surface area contributed by atoms with Gasteiger partial charge in [0.05, 0.1) is 6.61 Å².